The Hall–Kier alpha value is 0.320. The topological polar surface area (TPSA) is 20.2 Å². The van der Waals surface area contributed by atoms with Gasteiger partial charge in [0.15, 0.2) is 0 Å². The average Bonchev–Trinajstić information content (AvgIpc) is 2.74. The lowest BCUT2D eigenvalue weighted by Crippen LogP contribution is -1.92. The summed E-state index contributed by atoms with van der Waals surface area (Å²) >= 11 is 10.0. The summed E-state index contributed by atoms with van der Waals surface area (Å²) in [6.07, 6.45) is -0.503. The van der Waals surface area contributed by atoms with Crippen LogP contribution in [0.25, 0.3) is 0 Å². The van der Waals surface area contributed by atoms with E-state index in [4.69, 9.17) is 0 Å². The van der Waals surface area contributed by atoms with Crippen LogP contribution in [-0.2, 0) is 0 Å². The lowest BCUT2D eigenvalue weighted by atomic mass is 10.2. The highest BCUT2D eigenvalue weighted by molar-refractivity contribution is 9.13. The van der Waals surface area contributed by atoms with Gasteiger partial charge < -0.3 is 5.11 Å². The second kappa shape index (κ2) is 4.67. The van der Waals surface area contributed by atoms with Crippen molar-refractivity contribution in [2.45, 2.75) is 13.0 Å². The highest BCUT2D eigenvalue weighted by atomic mass is 79.9. The molecule has 0 saturated heterocycles. The van der Waals surface area contributed by atoms with Crippen LogP contribution in [0, 0.1) is 6.92 Å². The maximum absolute atomic E-state index is 10.1. The first-order chi connectivity index (χ1) is 7.08. The van der Waals surface area contributed by atoms with Crippen molar-refractivity contribution in [3.8, 4) is 0 Å². The highest BCUT2D eigenvalue weighted by Crippen LogP contribution is 2.38. The largest absolute Gasteiger partial charge is 0.382 e. The van der Waals surface area contributed by atoms with Crippen molar-refractivity contribution >= 4 is 54.5 Å². The fraction of sp³-hybridized carbons (Fsp3) is 0.200. The van der Waals surface area contributed by atoms with Crippen molar-refractivity contribution in [2.24, 2.45) is 0 Å². The molecular formula is C10H8Br2OS2. The Kier molecular flexibility index (Phi) is 3.67. The molecule has 0 aromatic carbocycles. The van der Waals surface area contributed by atoms with Crippen LogP contribution in [0.1, 0.15) is 20.7 Å². The highest BCUT2D eigenvalue weighted by Gasteiger charge is 2.16. The third-order valence-corrected chi connectivity index (χ3v) is 6.33. The van der Waals surface area contributed by atoms with Gasteiger partial charge in [0, 0.05) is 19.1 Å². The van der Waals surface area contributed by atoms with Crippen LogP contribution in [0.2, 0.25) is 0 Å². The summed E-state index contributed by atoms with van der Waals surface area (Å²) in [5, 5.41) is 10.1. The molecule has 5 heteroatoms. The molecule has 0 fully saturated rings. The first-order valence-corrected chi connectivity index (χ1v) is 7.49. The first kappa shape index (κ1) is 11.8. The SMILES string of the molecule is Cc1ccc(C(O)c2cc(Br)c(Br)s2)s1. The quantitative estimate of drug-likeness (QED) is 0.813. The Morgan fingerprint density at radius 1 is 1.20 bits per heavy atom. The van der Waals surface area contributed by atoms with E-state index in [0.29, 0.717) is 0 Å². The lowest BCUT2D eigenvalue weighted by Gasteiger charge is -2.04. The smallest absolute Gasteiger partial charge is 0.122 e. The molecule has 1 atom stereocenters. The van der Waals surface area contributed by atoms with Gasteiger partial charge >= 0.3 is 0 Å². The summed E-state index contributed by atoms with van der Waals surface area (Å²) in [6.45, 7) is 2.04. The van der Waals surface area contributed by atoms with Gasteiger partial charge in [0.05, 0.1) is 3.79 Å². The molecule has 0 saturated carbocycles. The lowest BCUT2D eigenvalue weighted by molar-refractivity contribution is 0.228. The molecule has 0 spiro atoms. The van der Waals surface area contributed by atoms with Crippen LogP contribution < -0.4 is 0 Å². The zero-order chi connectivity index (χ0) is 11.0. The fourth-order valence-electron chi connectivity index (χ4n) is 1.24. The zero-order valence-electron chi connectivity index (χ0n) is 7.83. The van der Waals surface area contributed by atoms with Crippen LogP contribution in [0.4, 0.5) is 0 Å². The Morgan fingerprint density at radius 2 is 1.93 bits per heavy atom. The van der Waals surface area contributed by atoms with Crippen molar-refractivity contribution in [3.63, 3.8) is 0 Å². The average molecular weight is 368 g/mol. The molecule has 2 rings (SSSR count). The molecule has 0 bridgehead atoms. The van der Waals surface area contributed by atoms with Gasteiger partial charge in [-0.05, 0) is 57.0 Å². The molecule has 1 N–H and O–H groups in total. The second-order valence-electron chi connectivity index (χ2n) is 3.12. The Bertz CT molecular complexity index is 456. The van der Waals surface area contributed by atoms with Crippen LogP contribution >= 0.6 is 54.5 Å². The van der Waals surface area contributed by atoms with Gasteiger partial charge in [0.1, 0.15) is 6.10 Å². The predicted molar refractivity (Wildman–Crippen MR) is 72.8 cm³/mol. The minimum atomic E-state index is -0.503. The van der Waals surface area contributed by atoms with Crippen LogP contribution in [0.5, 0.6) is 0 Å². The molecule has 1 nitrogen and oxygen atoms in total. The van der Waals surface area contributed by atoms with Crippen LogP contribution in [-0.4, -0.2) is 5.11 Å². The number of thiophene rings is 2. The van der Waals surface area contributed by atoms with E-state index in [1.807, 2.05) is 25.1 Å². The number of aryl methyl sites for hydroxylation is 1. The number of aliphatic hydroxyl groups excluding tert-OH is 1. The molecule has 0 aliphatic rings. The summed E-state index contributed by atoms with van der Waals surface area (Å²) in [5.74, 6) is 0. The van der Waals surface area contributed by atoms with Crippen molar-refractivity contribution in [1.29, 1.82) is 0 Å². The van der Waals surface area contributed by atoms with E-state index < -0.39 is 6.10 Å². The van der Waals surface area contributed by atoms with Gasteiger partial charge in [-0.3, -0.25) is 0 Å². The van der Waals surface area contributed by atoms with Crippen LogP contribution in [0.15, 0.2) is 26.5 Å². The summed E-state index contributed by atoms with van der Waals surface area (Å²) in [6, 6.07) is 5.96. The molecule has 15 heavy (non-hydrogen) atoms. The predicted octanol–water partition coefficient (Wildman–Crippen LogP) is 4.72. The number of rotatable bonds is 2. The fourth-order valence-corrected chi connectivity index (χ4v) is 4.29. The third kappa shape index (κ3) is 2.53. The summed E-state index contributed by atoms with van der Waals surface area (Å²) in [4.78, 5) is 3.17. The van der Waals surface area contributed by atoms with E-state index in [-0.39, 0.29) is 0 Å². The normalized spacial score (nSPS) is 13.1. The minimum absolute atomic E-state index is 0.503. The maximum atomic E-state index is 10.1. The second-order valence-corrected chi connectivity index (χ2v) is 7.70. The Balaban J connectivity index is 2.31. The van der Waals surface area contributed by atoms with Gasteiger partial charge in [-0.15, -0.1) is 22.7 Å². The molecule has 0 aliphatic heterocycles. The third-order valence-electron chi connectivity index (χ3n) is 1.96. The molecule has 2 aromatic rings. The molecular weight excluding hydrogens is 360 g/mol. The number of aliphatic hydroxyl groups is 1. The van der Waals surface area contributed by atoms with Gasteiger partial charge in [0.25, 0.3) is 0 Å². The Morgan fingerprint density at radius 3 is 2.40 bits per heavy atom. The first-order valence-electron chi connectivity index (χ1n) is 4.27. The number of hydrogen-bond acceptors (Lipinski definition) is 3. The van der Waals surface area contributed by atoms with E-state index >= 15 is 0 Å². The molecule has 0 aliphatic carbocycles. The minimum Gasteiger partial charge on any atom is -0.382 e. The standard InChI is InChI=1S/C10H8Br2OS2/c1-5-2-3-7(14-5)9(13)8-4-6(11)10(12)15-8/h2-4,9,13H,1H3. The van der Waals surface area contributed by atoms with E-state index in [9.17, 15) is 5.11 Å². The molecule has 80 valence electrons. The molecule has 0 amide bonds. The number of halogens is 2. The monoisotopic (exact) mass is 366 g/mol. The van der Waals surface area contributed by atoms with Gasteiger partial charge in [-0.2, -0.15) is 0 Å². The molecule has 0 radical (unpaired) electrons. The zero-order valence-corrected chi connectivity index (χ0v) is 12.6. The maximum Gasteiger partial charge on any atom is 0.122 e. The van der Waals surface area contributed by atoms with Gasteiger partial charge in [-0.25, -0.2) is 0 Å². The summed E-state index contributed by atoms with van der Waals surface area (Å²) < 4.78 is 2.01. The summed E-state index contributed by atoms with van der Waals surface area (Å²) in [5.41, 5.74) is 0. The van der Waals surface area contributed by atoms with E-state index in [0.717, 1.165) is 18.0 Å². The van der Waals surface area contributed by atoms with Crippen LogP contribution in [0.3, 0.4) is 0 Å². The van der Waals surface area contributed by atoms with Crippen molar-refractivity contribution in [3.05, 3.63) is 41.1 Å². The molecule has 1 unspecified atom stereocenters. The Labute approximate surface area is 113 Å². The van der Waals surface area contributed by atoms with Crippen molar-refractivity contribution in [1.82, 2.24) is 0 Å². The van der Waals surface area contributed by atoms with Gasteiger partial charge in [-0.1, -0.05) is 0 Å². The van der Waals surface area contributed by atoms with Gasteiger partial charge in [0.2, 0.25) is 0 Å². The van der Waals surface area contributed by atoms with E-state index in [2.05, 4.69) is 31.9 Å². The molecule has 2 aromatic heterocycles. The van der Waals surface area contributed by atoms with E-state index in [1.165, 1.54) is 4.88 Å². The molecule has 2 heterocycles. The van der Waals surface area contributed by atoms with Crippen molar-refractivity contribution in [2.75, 3.05) is 0 Å². The van der Waals surface area contributed by atoms with Crippen molar-refractivity contribution < 1.29 is 5.11 Å². The summed E-state index contributed by atoms with van der Waals surface area (Å²) in [7, 11) is 0. The number of hydrogen-bond donors (Lipinski definition) is 1. The van der Waals surface area contributed by atoms with E-state index in [1.54, 1.807) is 22.7 Å².